The molecule has 9 nitrogen and oxygen atoms in total. The Labute approximate surface area is 120 Å². The van der Waals surface area contributed by atoms with Gasteiger partial charge in [-0.25, -0.2) is 9.48 Å². The molecule has 2 N–H and O–H groups in total. The number of primary amides is 1. The van der Waals surface area contributed by atoms with Crippen LogP contribution < -0.4 is 5.73 Å². The lowest BCUT2D eigenvalue weighted by atomic mass is 10.2. The molecule has 2 aromatic heterocycles. The molecule has 0 atom stereocenters. The van der Waals surface area contributed by atoms with Crippen LogP contribution in [0.4, 0.5) is 0 Å². The van der Waals surface area contributed by atoms with Crippen molar-refractivity contribution >= 4 is 11.9 Å². The van der Waals surface area contributed by atoms with E-state index < -0.39 is 11.9 Å². The van der Waals surface area contributed by atoms with E-state index in [4.69, 9.17) is 10.5 Å². The first-order valence-corrected chi connectivity index (χ1v) is 6.40. The third-order valence-corrected chi connectivity index (χ3v) is 2.75. The summed E-state index contributed by atoms with van der Waals surface area (Å²) in [6, 6.07) is 0. The van der Waals surface area contributed by atoms with Gasteiger partial charge in [0.1, 0.15) is 5.69 Å². The van der Waals surface area contributed by atoms with Crippen LogP contribution in [0.3, 0.4) is 0 Å². The molecule has 112 valence electrons. The lowest BCUT2D eigenvalue weighted by Gasteiger charge is -2.05. The Balaban J connectivity index is 2.42. The number of nitrogens with zero attached hydrogens (tertiary/aromatic N) is 5. The van der Waals surface area contributed by atoms with Crippen LogP contribution in [0.15, 0.2) is 12.4 Å². The standard InChI is InChI=1S/C12H16N6O3/c1-3-21-12(20)10-11(8-6-14-17(2)7-8)18(16-15-10)5-4-9(13)19/h6-7H,3-5H2,1-2H3,(H2,13,19). The molecule has 2 rings (SSSR count). The zero-order valence-electron chi connectivity index (χ0n) is 11.8. The van der Waals surface area contributed by atoms with Gasteiger partial charge in [0.15, 0.2) is 5.69 Å². The van der Waals surface area contributed by atoms with Gasteiger partial charge < -0.3 is 10.5 Å². The largest absolute Gasteiger partial charge is 0.461 e. The van der Waals surface area contributed by atoms with Crippen LogP contribution >= 0.6 is 0 Å². The third kappa shape index (κ3) is 3.25. The molecule has 0 aromatic carbocycles. The normalized spacial score (nSPS) is 10.6. The Morgan fingerprint density at radius 1 is 1.43 bits per heavy atom. The molecule has 0 fully saturated rings. The predicted molar refractivity (Wildman–Crippen MR) is 72.0 cm³/mol. The summed E-state index contributed by atoms with van der Waals surface area (Å²) in [5.41, 5.74) is 6.35. The molecule has 0 radical (unpaired) electrons. The highest BCUT2D eigenvalue weighted by molar-refractivity contribution is 5.94. The Morgan fingerprint density at radius 3 is 2.76 bits per heavy atom. The maximum absolute atomic E-state index is 11.9. The number of carbonyl (C=O) groups excluding carboxylic acids is 2. The van der Waals surface area contributed by atoms with Crippen LogP contribution in [0.2, 0.25) is 0 Å². The van der Waals surface area contributed by atoms with Crippen LogP contribution in [0.5, 0.6) is 0 Å². The molecule has 0 aliphatic carbocycles. The monoisotopic (exact) mass is 292 g/mol. The number of nitrogens with two attached hydrogens (primary N) is 1. The molecule has 1 amide bonds. The van der Waals surface area contributed by atoms with Crippen molar-refractivity contribution in [3.8, 4) is 11.3 Å². The number of amides is 1. The van der Waals surface area contributed by atoms with E-state index in [1.165, 1.54) is 4.68 Å². The molecule has 21 heavy (non-hydrogen) atoms. The molecular formula is C12H16N6O3. The van der Waals surface area contributed by atoms with Gasteiger partial charge in [0, 0.05) is 25.2 Å². The smallest absolute Gasteiger partial charge is 0.361 e. The van der Waals surface area contributed by atoms with Crippen molar-refractivity contribution in [3.05, 3.63) is 18.1 Å². The van der Waals surface area contributed by atoms with E-state index in [2.05, 4.69) is 15.4 Å². The van der Waals surface area contributed by atoms with E-state index in [0.717, 1.165) is 0 Å². The molecule has 0 bridgehead atoms. The second kappa shape index (κ2) is 6.16. The summed E-state index contributed by atoms with van der Waals surface area (Å²) in [7, 11) is 1.76. The van der Waals surface area contributed by atoms with Crippen molar-refractivity contribution in [3.63, 3.8) is 0 Å². The van der Waals surface area contributed by atoms with Crippen LogP contribution in [0.25, 0.3) is 11.3 Å². The van der Waals surface area contributed by atoms with Crippen molar-refractivity contribution in [2.75, 3.05) is 6.61 Å². The molecule has 9 heteroatoms. The first-order chi connectivity index (χ1) is 10.0. The number of hydrogen-bond acceptors (Lipinski definition) is 6. The topological polar surface area (TPSA) is 118 Å². The lowest BCUT2D eigenvalue weighted by Crippen LogP contribution is -2.15. The van der Waals surface area contributed by atoms with Gasteiger partial charge >= 0.3 is 5.97 Å². The minimum absolute atomic E-state index is 0.0920. The fraction of sp³-hybridized carbons (Fsp3) is 0.417. The van der Waals surface area contributed by atoms with Crippen LogP contribution in [-0.4, -0.2) is 43.3 Å². The number of aromatic nitrogens is 5. The number of carbonyl (C=O) groups is 2. The average molecular weight is 292 g/mol. The van der Waals surface area contributed by atoms with Gasteiger partial charge in [0.05, 0.1) is 19.3 Å². The van der Waals surface area contributed by atoms with Gasteiger partial charge in [0.2, 0.25) is 5.91 Å². The maximum atomic E-state index is 11.9. The van der Waals surface area contributed by atoms with Gasteiger partial charge in [-0.05, 0) is 6.92 Å². The SMILES string of the molecule is CCOC(=O)c1nnn(CCC(N)=O)c1-c1cnn(C)c1. The number of hydrogen-bond donors (Lipinski definition) is 1. The van der Waals surface area contributed by atoms with Crippen LogP contribution in [0, 0.1) is 0 Å². The molecular weight excluding hydrogens is 276 g/mol. The third-order valence-electron chi connectivity index (χ3n) is 2.75. The first-order valence-electron chi connectivity index (χ1n) is 6.40. The number of rotatable bonds is 6. The van der Waals surface area contributed by atoms with Crippen LogP contribution in [-0.2, 0) is 23.1 Å². The molecule has 0 unspecified atom stereocenters. The fourth-order valence-corrected chi connectivity index (χ4v) is 1.85. The van der Waals surface area contributed by atoms with E-state index in [1.54, 1.807) is 31.0 Å². The van der Waals surface area contributed by atoms with Gasteiger partial charge in [-0.3, -0.25) is 9.48 Å². The number of aryl methyl sites for hydroxylation is 2. The molecule has 0 aliphatic heterocycles. The molecule has 0 saturated carbocycles. The van der Waals surface area contributed by atoms with E-state index in [9.17, 15) is 9.59 Å². The highest BCUT2D eigenvalue weighted by Crippen LogP contribution is 2.22. The summed E-state index contributed by atoms with van der Waals surface area (Å²) in [5, 5.41) is 11.8. The summed E-state index contributed by atoms with van der Waals surface area (Å²) in [5.74, 6) is -1.03. The maximum Gasteiger partial charge on any atom is 0.361 e. The molecule has 2 aromatic rings. The molecule has 0 spiro atoms. The summed E-state index contributed by atoms with van der Waals surface area (Å²) in [4.78, 5) is 22.9. The summed E-state index contributed by atoms with van der Waals surface area (Å²) in [6.45, 7) is 2.17. The summed E-state index contributed by atoms with van der Waals surface area (Å²) < 4.78 is 8.01. The highest BCUT2D eigenvalue weighted by atomic mass is 16.5. The Hall–Kier alpha value is -2.71. The fourth-order valence-electron chi connectivity index (χ4n) is 1.85. The predicted octanol–water partition coefficient (Wildman–Crippen LogP) is -0.269. The van der Waals surface area contributed by atoms with Crippen molar-refractivity contribution in [1.29, 1.82) is 0 Å². The van der Waals surface area contributed by atoms with Crippen molar-refractivity contribution in [2.45, 2.75) is 19.9 Å². The van der Waals surface area contributed by atoms with Gasteiger partial charge in [-0.2, -0.15) is 5.10 Å². The Bertz CT molecular complexity index is 660. The van der Waals surface area contributed by atoms with Crippen molar-refractivity contribution in [2.24, 2.45) is 12.8 Å². The molecule has 0 saturated heterocycles. The average Bonchev–Trinajstić information content (AvgIpc) is 3.02. The zero-order valence-corrected chi connectivity index (χ0v) is 11.8. The Kier molecular flexibility index (Phi) is 4.31. The van der Waals surface area contributed by atoms with E-state index in [0.29, 0.717) is 11.3 Å². The van der Waals surface area contributed by atoms with Crippen LogP contribution in [0.1, 0.15) is 23.8 Å². The van der Waals surface area contributed by atoms with Crippen molar-refractivity contribution in [1.82, 2.24) is 24.8 Å². The quantitative estimate of drug-likeness (QED) is 0.732. The van der Waals surface area contributed by atoms with Gasteiger partial charge in [-0.1, -0.05) is 5.21 Å². The summed E-state index contributed by atoms with van der Waals surface area (Å²) in [6.07, 6.45) is 3.41. The Morgan fingerprint density at radius 2 is 2.19 bits per heavy atom. The highest BCUT2D eigenvalue weighted by Gasteiger charge is 2.23. The van der Waals surface area contributed by atoms with Crippen molar-refractivity contribution < 1.29 is 14.3 Å². The first kappa shape index (κ1) is 14.7. The van der Waals surface area contributed by atoms with Gasteiger partial charge in [0.25, 0.3) is 0 Å². The molecule has 0 aliphatic rings. The minimum atomic E-state index is -0.568. The molecule has 2 heterocycles. The van der Waals surface area contributed by atoms with Gasteiger partial charge in [-0.15, -0.1) is 5.10 Å². The van der Waals surface area contributed by atoms with E-state index >= 15 is 0 Å². The number of esters is 1. The zero-order chi connectivity index (χ0) is 15.4. The second-order valence-electron chi connectivity index (χ2n) is 4.35. The number of ether oxygens (including phenoxy) is 1. The van der Waals surface area contributed by atoms with E-state index in [1.807, 2.05) is 0 Å². The minimum Gasteiger partial charge on any atom is -0.461 e. The second-order valence-corrected chi connectivity index (χ2v) is 4.35. The lowest BCUT2D eigenvalue weighted by molar-refractivity contribution is -0.118. The van der Waals surface area contributed by atoms with E-state index in [-0.39, 0.29) is 25.3 Å². The summed E-state index contributed by atoms with van der Waals surface area (Å²) >= 11 is 0.